The summed E-state index contributed by atoms with van der Waals surface area (Å²) in [7, 11) is 0. The van der Waals surface area contributed by atoms with Gasteiger partial charge >= 0.3 is 0 Å². The van der Waals surface area contributed by atoms with E-state index in [1.807, 2.05) is 0 Å². The van der Waals surface area contributed by atoms with Crippen molar-refractivity contribution in [2.75, 3.05) is 11.9 Å². The number of halogens is 2. The van der Waals surface area contributed by atoms with Crippen molar-refractivity contribution in [2.24, 2.45) is 11.8 Å². The first-order valence-corrected chi connectivity index (χ1v) is 6.72. The Balaban J connectivity index is 1.94. The lowest BCUT2D eigenvalue weighted by Gasteiger charge is -2.28. The monoisotopic (exact) mass is 274 g/mol. The summed E-state index contributed by atoms with van der Waals surface area (Å²) in [5, 5.41) is 10.9. The highest BCUT2D eigenvalue weighted by Crippen LogP contribution is 2.30. The van der Waals surface area contributed by atoms with E-state index in [4.69, 9.17) is 23.2 Å². The summed E-state index contributed by atoms with van der Waals surface area (Å²) < 4.78 is 0. The van der Waals surface area contributed by atoms with E-state index in [-0.39, 0.29) is 10.4 Å². The summed E-state index contributed by atoms with van der Waals surface area (Å²) in [6.45, 7) is 3.17. The van der Waals surface area contributed by atoms with Gasteiger partial charge in [0.05, 0.1) is 0 Å². The first kappa shape index (κ1) is 12.8. The van der Waals surface area contributed by atoms with Gasteiger partial charge in [0.2, 0.25) is 5.28 Å². The third-order valence-electron chi connectivity index (χ3n) is 3.44. The molecule has 0 saturated heterocycles. The van der Waals surface area contributed by atoms with Crippen LogP contribution in [-0.2, 0) is 0 Å². The van der Waals surface area contributed by atoms with Crippen molar-refractivity contribution in [3.63, 3.8) is 0 Å². The number of hydrogen-bond acceptors (Lipinski definition) is 4. The maximum atomic E-state index is 5.89. The molecule has 2 atom stereocenters. The molecule has 1 fully saturated rings. The van der Waals surface area contributed by atoms with Crippen LogP contribution in [-0.4, -0.2) is 21.7 Å². The zero-order chi connectivity index (χ0) is 12.3. The largest absolute Gasteiger partial charge is 0.367 e. The van der Waals surface area contributed by atoms with E-state index < -0.39 is 0 Å². The maximum Gasteiger partial charge on any atom is 0.245 e. The smallest absolute Gasteiger partial charge is 0.245 e. The Morgan fingerprint density at radius 3 is 2.76 bits per heavy atom. The highest BCUT2D eigenvalue weighted by Gasteiger charge is 2.21. The van der Waals surface area contributed by atoms with E-state index in [0.29, 0.717) is 11.7 Å². The van der Waals surface area contributed by atoms with Gasteiger partial charge in [0, 0.05) is 6.54 Å². The lowest BCUT2D eigenvalue weighted by atomic mass is 9.80. The van der Waals surface area contributed by atoms with Crippen molar-refractivity contribution >= 4 is 29.0 Å². The Bertz CT molecular complexity index is 386. The number of aromatic nitrogens is 3. The van der Waals surface area contributed by atoms with E-state index in [1.165, 1.54) is 25.7 Å². The molecule has 1 aromatic heterocycles. The van der Waals surface area contributed by atoms with Crippen molar-refractivity contribution in [1.82, 2.24) is 15.2 Å². The molecule has 0 radical (unpaired) electrons. The van der Waals surface area contributed by atoms with Gasteiger partial charge in [-0.2, -0.15) is 4.98 Å². The standard InChI is InChI=1S/C11H16Cl2N4/c1-7-4-2-3-5-8(7)6-14-10-9(12)16-17-11(13)15-10/h7-8H,2-6H2,1H3,(H,14,15,17). The fraction of sp³-hybridized carbons (Fsp3) is 0.727. The van der Waals surface area contributed by atoms with Crippen LogP contribution in [0.3, 0.4) is 0 Å². The van der Waals surface area contributed by atoms with Gasteiger partial charge in [0.25, 0.3) is 0 Å². The Morgan fingerprint density at radius 2 is 2.00 bits per heavy atom. The van der Waals surface area contributed by atoms with E-state index in [0.717, 1.165) is 12.5 Å². The molecule has 0 aliphatic heterocycles. The minimum atomic E-state index is 0.119. The van der Waals surface area contributed by atoms with Crippen molar-refractivity contribution in [1.29, 1.82) is 0 Å². The average molecular weight is 275 g/mol. The van der Waals surface area contributed by atoms with Crippen molar-refractivity contribution in [3.8, 4) is 0 Å². The van der Waals surface area contributed by atoms with Gasteiger partial charge in [0.15, 0.2) is 11.0 Å². The molecule has 0 bridgehead atoms. The molecule has 1 aliphatic carbocycles. The van der Waals surface area contributed by atoms with Crippen LogP contribution >= 0.6 is 23.2 Å². The van der Waals surface area contributed by atoms with Crippen LogP contribution in [0, 0.1) is 11.8 Å². The molecule has 1 aromatic rings. The van der Waals surface area contributed by atoms with Crippen LogP contribution in [0.4, 0.5) is 5.82 Å². The van der Waals surface area contributed by atoms with Crippen LogP contribution in [0.25, 0.3) is 0 Å². The minimum absolute atomic E-state index is 0.119. The van der Waals surface area contributed by atoms with Crippen LogP contribution in [0.2, 0.25) is 10.4 Å². The van der Waals surface area contributed by atoms with Gasteiger partial charge in [-0.3, -0.25) is 0 Å². The fourth-order valence-corrected chi connectivity index (χ4v) is 2.60. The van der Waals surface area contributed by atoms with Crippen LogP contribution in [0.5, 0.6) is 0 Å². The quantitative estimate of drug-likeness (QED) is 0.918. The predicted octanol–water partition coefficient (Wildman–Crippen LogP) is 3.42. The summed E-state index contributed by atoms with van der Waals surface area (Å²) in [5.74, 6) is 1.96. The molecule has 2 unspecified atom stereocenters. The second kappa shape index (κ2) is 5.83. The van der Waals surface area contributed by atoms with Crippen LogP contribution in [0.1, 0.15) is 32.6 Å². The molecule has 1 heterocycles. The molecule has 6 heteroatoms. The van der Waals surface area contributed by atoms with Crippen molar-refractivity contribution in [2.45, 2.75) is 32.6 Å². The molecule has 1 aliphatic rings. The zero-order valence-corrected chi connectivity index (χ0v) is 11.3. The molecular weight excluding hydrogens is 259 g/mol. The molecule has 1 N–H and O–H groups in total. The number of rotatable bonds is 3. The molecule has 0 aromatic carbocycles. The Labute approximate surface area is 111 Å². The molecule has 0 amide bonds. The number of nitrogens with one attached hydrogen (secondary N) is 1. The summed E-state index contributed by atoms with van der Waals surface area (Å²) in [5.41, 5.74) is 0. The summed E-state index contributed by atoms with van der Waals surface area (Å²) in [6.07, 6.45) is 5.23. The van der Waals surface area contributed by atoms with Gasteiger partial charge in [-0.25, -0.2) is 0 Å². The average Bonchev–Trinajstić information content (AvgIpc) is 2.32. The Hall–Kier alpha value is -0.610. The number of nitrogens with zero attached hydrogens (tertiary/aromatic N) is 3. The molecule has 94 valence electrons. The van der Waals surface area contributed by atoms with Crippen molar-refractivity contribution < 1.29 is 0 Å². The van der Waals surface area contributed by atoms with E-state index in [2.05, 4.69) is 27.4 Å². The van der Waals surface area contributed by atoms with E-state index in [1.54, 1.807) is 0 Å². The van der Waals surface area contributed by atoms with Gasteiger partial charge in [-0.05, 0) is 29.9 Å². The highest BCUT2D eigenvalue weighted by atomic mass is 35.5. The maximum absolute atomic E-state index is 5.89. The zero-order valence-electron chi connectivity index (χ0n) is 9.79. The molecule has 17 heavy (non-hydrogen) atoms. The summed E-state index contributed by atoms with van der Waals surface area (Å²) in [6, 6.07) is 0. The molecule has 1 saturated carbocycles. The molecule has 2 rings (SSSR count). The third kappa shape index (κ3) is 3.42. The SMILES string of the molecule is CC1CCCCC1CNc1nc(Cl)nnc1Cl. The summed E-state index contributed by atoms with van der Waals surface area (Å²) >= 11 is 11.6. The second-order valence-corrected chi connectivity index (χ2v) is 5.32. The van der Waals surface area contributed by atoms with E-state index in [9.17, 15) is 0 Å². The minimum Gasteiger partial charge on any atom is -0.367 e. The fourth-order valence-electron chi connectivity index (χ4n) is 2.33. The van der Waals surface area contributed by atoms with Crippen LogP contribution < -0.4 is 5.32 Å². The van der Waals surface area contributed by atoms with Gasteiger partial charge in [-0.15, -0.1) is 10.2 Å². The Kier molecular flexibility index (Phi) is 4.40. The second-order valence-electron chi connectivity index (χ2n) is 4.62. The van der Waals surface area contributed by atoms with Gasteiger partial charge in [0.1, 0.15) is 0 Å². The summed E-state index contributed by atoms with van der Waals surface area (Å²) in [4.78, 5) is 4.03. The first-order chi connectivity index (χ1) is 8.16. The number of hydrogen-bond donors (Lipinski definition) is 1. The normalized spacial score (nSPS) is 24.6. The topological polar surface area (TPSA) is 50.7 Å². The number of anilines is 1. The van der Waals surface area contributed by atoms with Gasteiger partial charge in [-0.1, -0.05) is 37.8 Å². The third-order valence-corrected chi connectivity index (χ3v) is 3.86. The molecular formula is C11H16Cl2N4. The molecule has 4 nitrogen and oxygen atoms in total. The molecule has 0 spiro atoms. The van der Waals surface area contributed by atoms with Crippen LogP contribution in [0.15, 0.2) is 0 Å². The highest BCUT2D eigenvalue weighted by molar-refractivity contribution is 6.32. The lowest BCUT2D eigenvalue weighted by molar-refractivity contribution is 0.268. The van der Waals surface area contributed by atoms with E-state index >= 15 is 0 Å². The lowest BCUT2D eigenvalue weighted by Crippen LogP contribution is -2.24. The van der Waals surface area contributed by atoms with Gasteiger partial charge < -0.3 is 5.32 Å². The Morgan fingerprint density at radius 1 is 1.24 bits per heavy atom. The van der Waals surface area contributed by atoms with Crippen molar-refractivity contribution in [3.05, 3.63) is 10.4 Å². The first-order valence-electron chi connectivity index (χ1n) is 5.96. The predicted molar refractivity (Wildman–Crippen MR) is 69.5 cm³/mol.